The summed E-state index contributed by atoms with van der Waals surface area (Å²) in [5.41, 5.74) is 1.96. The molecule has 0 saturated heterocycles. The number of hydrogen-bond donors (Lipinski definition) is 0. The van der Waals surface area contributed by atoms with E-state index in [4.69, 9.17) is 16.3 Å². The summed E-state index contributed by atoms with van der Waals surface area (Å²) in [6.07, 6.45) is 0. The average molecular weight is 232 g/mol. The van der Waals surface area contributed by atoms with E-state index in [1.54, 1.807) is 0 Å². The van der Waals surface area contributed by atoms with Gasteiger partial charge in [0.25, 0.3) is 0 Å². The molecule has 0 aliphatic carbocycles. The Balaban J connectivity index is 2.51. The minimum Gasteiger partial charge on any atom is -0.493 e. The van der Waals surface area contributed by atoms with Crippen molar-refractivity contribution in [1.82, 2.24) is 0 Å². The highest BCUT2D eigenvalue weighted by Gasteiger charge is 2.08. The van der Waals surface area contributed by atoms with Gasteiger partial charge in [-0.05, 0) is 13.0 Å². The molecule has 2 rings (SSSR count). The van der Waals surface area contributed by atoms with E-state index in [2.05, 4.69) is 6.07 Å². The van der Waals surface area contributed by atoms with Crippen LogP contribution in [0.5, 0.6) is 5.75 Å². The fraction of sp³-hybridized carbons (Fsp3) is 0.143. The highest BCUT2D eigenvalue weighted by atomic mass is 35.5. The van der Waals surface area contributed by atoms with Gasteiger partial charge < -0.3 is 4.74 Å². The van der Waals surface area contributed by atoms with Crippen LogP contribution in [0.1, 0.15) is 6.92 Å². The molecule has 1 radical (unpaired) electrons. The second-order valence-corrected chi connectivity index (χ2v) is 3.73. The van der Waals surface area contributed by atoms with Crippen molar-refractivity contribution in [1.29, 1.82) is 0 Å². The van der Waals surface area contributed by atoms with E-state index in [9.17, 15) is 0 Å². The molecule has 2 aromatic carbocycles. The third-order valence-corrected chi connectivity index (χ3v) is 2.60. The number of hydrogen-bond acceptors (Lipinski definition) is 1. The molecule has 1 nitrogen and oxygen atoms in total. The number of rotatable bonds is 3. The summed E-state index contributed by atoms with van der Waals surface area (Å²) in [7, 11) is 0. The summed E-state index contributed by atoms with van der Waals surface area (Å²) < 4.78 is 5.53. The van der Waals surface area contributed by atoms with Gasteiger partial charge >= 0.3 is 0 Å². The Labute approximate surface area is 101 Å². The van der Waals surface area contributed by atoms with Crippen LogP contribution in [0.25, 0.3) is 11.1 Å². The second kappa shape index (κ2) is 5.04. The molecular formula is C14H12ClO. The van der Waals surface area contributed by atoms with Gasteiger partial charge in [0.1, 0.15) is 5.75 Å². The quantitative estimate of drug-likeness (QED) is 0.769. The number of halogens is 1. The Morgan fingerprint density at radius 1 is 1.12 bits per heavy atom. The summed E-state index contributed by atoms with van der Waals surface area (Å²) in [6, 6.07) is 16.6. The van der Waals surface area contributed by atoms with Crippen LogP contribution in [-0.2, 0) is 0 Å². The first-order valence-electron chi connectivity index (χ1n) is 5.21. The maximum Gasteiger partial charge on any atom is 0.135 e. The second-order valence-electron chi connectivity index (χ2n) is 3.33. The molecule has 0 saturated carbocycles. The summed E-state index contributed by atoms with van der Waals surface area (Å²) in [4.78, 5) is 0. The predicted octanol–water partition coefficient (Wildman–Crippen LogP) is 4.21. The molecule has 2 heteroatoms. The van der Waals surface area contributed by atoms with Crippen molar-refractivity contribution in [3.8, 4) is 16.9 Å². The molecule has 0 fully saturated rings. The lowest BCUT2D eigenvalue weighted by atomic mass is 10.0. The maximum absolute atomic E-state index is 6.16. The Kier molecular flexibility index (Phi) is 3.47. The smallest absolute Gasteiger partial charge is 0.135 e. The summed E-state index contributed by atoms with van der Waals surface area (Å²) in [6.45, 7) is 2.58. The van der Waals surface area contributed by atoms with Gasteiger partial charge in [-0.1, -0.05) is 48.0 Å². The lowest BCUT2D eigenvalue weighted by molar-refractivity contribution is 0.341. The number of ether oxygens (including phenoxy) is 1. The maximum atomic E-state index is 6.16. The van der Waals surface area contributed by atoms with Crippen molar-refractivity contribution in [2.24, 2.45) is 0 Å². The van der Waals surface area contributed by atoms with E-state index in [0.29, 0.717) is 6.61 Å². The Bertz CT molecular complexity index is 480. The normalized spacial score (nSPS) is 10.1. The van der Waals surface area contributed by atoms with E-state index < -0.39 is 0 Å². The monoisotopic (exact) mass is 231 g/mol. The molecule has 0 heterocycles. The number of para-hydroxylation sites is 1. The predicted molar refractivity (Wildman–Crippen MR) is 66.9 cm³/mol. The molecule has 0 aromatic heterocycles. The zero-order valence-electron chi connectivity index (χ0n) is 9.03. The minimum atomic E-state index is 0.623. The lowest BCUT2D eigenvalue weighted by Gasteiger charge is -2.10. The molecule has 0 atom stereocenters. The van der Waals surface area contributed by atoms with Gasteiger partial charge in [-0.15, -0.1) is 0 Å². The molecule has 0 N–H and O–H groups in total. The standard InChI is InChI=1S/C14H12ClO/c1-2-16-14-10-6-4-8-12(14)11-7-3-5-9-13(11)15/h3-9H,2H2,1H3. The van der Waals surface area contributed by atoms with Gasteiger partial charge in [0.05, 0.1) is 6.61 Å². The fourth-order valence-corrected chi connectivity index (χ4v) is 1.81. The summed E-state index contributed by atoms with van der Waals surface area (Å²) in [5.74, 6) is 0.748. The summed E-state index contributed by atoms with van der Waals surface area (Å²) in [5, 5.41) is 0.725. The van der Waals surface area contributed by atoms with Gasteiger partial charge in [-0.25, -0.2) is 0 Å². The molecule has 0 aliphatic heterocycles. The molecule has 0 amide bonds. The molecule has 81 valence electrons. The van der Waals surface area contributed by atoms with Crippen molar-refractivity contribution in [3.05, 3.63) is 53.6 Å². The van der Waals surface area contributed by atoms with Gasteiger partial charge in [-0.3, -0.25) is 0 Å². The van der Waals surface area contributed by atoms with Crippen LogP contribution in [-0.4, -0.2) is 6.61 Å². The highest BCUT2D eigenvalue weighted by Crippen LogP contribution is 2.34. The van der Waals surface area contributed by atoms with E-state index in [-0.39, 0.29) is 0 Å². The average Bonchev–Trinajstić information content (AvgIpc) is 2.31. The molecule has 0 bridgehead atoms. The van der Waals surface area contributed by atoms with Crippen molar-refractivity contribution < 1.29 is 4.74 Å². The molecule has 0 aliphatic rings. The molecule has 2 aromatic rings. The molecule has 16 heavy (non-hydrogen) atoms. The van der Waals surface area contributed by atoms with Gasteiger partial charge in [-0.2, -0.15) is 0 Å². The zero-order chi connectivity index (χ0) is 11.4. The van der Waals surface area contributed by atoms with E-state index in [0.717, 1.165) is 21.9 Å². The third kappa shape index (κ3) is 2.20. The van der Waals surface area contributed by atoms with Gasteiger partial charge in [0, 0.05) is 22.2 Å². The number of benzene rings is 2. The van der Waals surface area contributed by atoms with Gasteiger partial charge in [0.2, 0.25) is 0 Å². The van der Waals surface area contributed by atoms with Crippen LogP contribution in [0, 0.1) is 6.07 Å². The first-order chi connectivity index (χ1) is 7.83. The zero-order valence-corrected chi connectivity index (χ0v) is 9.79. The van der Waals surface area contributed by atoms with Crippen LogP contribution in [0.2, 0.25) is 5.02 Å². The van der Waals surface area contributed by atoms with Crippen LogP contribution < -0.4 is 4.74 Å². The highest BCUT2D eigenvalue weighted by molar-refractivity contribution is 6.33. The first-order valence-corrected chi connectivity index (χ1v) is 5.59. The Hall–Kier alpha value is -1.47. The van der Waals surface area contributed by atoms with Crippen LogP contribution >= 0.6 is 11.6 Å². The van der Waals surface area contributed by atoms with Crippen LogP contribution in [0.15, 0.2) is 42.5 Å². The van der Waals surface area contributed by atoms with Crippen LogP contribution in [0.4, 0.5) is 0 Å². The first kappa shape index (κ1) is 11.0. The Morgan fingerprint density at radius 3 is 2.62 bits per heavy atom. The van der Waals surface area contributed by atoms with E-state index in [1.165, 1.54) is 0 Å². The summed E-state index contributed by atoms with van der Waals surface area (Å²) >= 11 is 6.16. The molecule has 0 spiro atoms. The fourth-order valence-electron chi connectivity index (χ4n) is 1.58. The van der Waals surface area contributed by atoms with E-state index in [1.807, 2.05) is 49.4 Å². The van der Waals surface area contributed by atoms with Crippen molar-refractivity contribution in [3.63, 3.8) is 0 Å². The largest absolute Gasteiger partial charge is 0.493 e. The van der Waals surface area contributed by atoms with Gasteiger partial charge in [0.15, 0.2) is 0 Å². The molecular weight excluding hydrogens is 220 g/mol. The van der Waals surface area contributed by atoms with Crippen molar-refractivity contribution >= 4 is 11.6 Å². The van der Waals surface area contributed by atoms with Crippen molar-refractivity contribution in [2.75, 3.05) is 6.61 Å². The Morgan fingerprint density at radius 2 is 1.88 bits per heavy atom. The van der Waals surface area contributed by atoms with Crippen LogP contribution in [0.3, 0.4) is 0 Å². The minimum absolute atomic E-state index is 0.623. The topological polar surface area (TPSA) is 9.23 Å². The lowest BCUT2D eigenvalue weighted by Crippen LogP contribution is -1.94. The van der Waals surface area contributed by atoms with E-state index >= 15 is 0 Å². The SMILES string of the molecule is CCOc1[c]cccc1-c1ccccc1Cl. The molecule has 0 unspecified atom stereocenters. The third-order valence-electron chi connectivity index (χ3n) is 2.27. The van der Waals surface area contributed by atoms with Crippen molar-refractivity contribution in [2.45, 2.75) is 6.92 Å².